The lowest BCUT2D eigenvalue weighted by Gasteiger charge is -2.46. The second-order valence-corrected chi connectivity index (χ2v) is 17.9. The van der Waals surface area contributed by atoms with Gasteiger partial charge in [-0.3, -0.25) is 4.90 Å². The summed E-state index contributed by atoms with van der Waals surface area (Å²) in [4.78, 5) is 8.02. The molecule has 1 aliphatic rings. The van der Waals surface area contributed by atoms with Gasteiger partial charge in [0, 0.05) is 22.0 Å². The third kappa shape index (κ3) is 6.70. The Kier molecular flexibility index (Phi) is 9.73. The van der Waals surface area contributed by atoms with E-state index in [2.05, 4.69) is 282 Å². The molecule has 0 N–H and O–H groups in total. The molecule has 0 saturated heterocycles. The molecule has 0 saturated carbocycles. The van der Waals surface area contributed by atoms with E-state index in [1.165, 1.54) is 55.2 Å². The van der Waals surface area contributed by atoms with Crippen molar-refractivity contribution in [1.82, 2.24) is 9.55 Å². The van der Waals surface area contributed by atoms with Crippen LogP contribution in [0.2, 0.25) is 0 Å². The van der Waals surface area contributed by atoms with Gasteiger partial charge in [-0.1, -0.05) is 218 Å². The zero-order valence-corrected chi connectivity index (χ0v) is 37.8. The first kappa shape index (κ1) is 40.2. The van der Waals surface area contributed by atoms with Crippen LogP contribution in [0.25, 0.3) is 72.1 Å². The third-order valence-electron chi connectivity index (χ3n) is 14.0. The van der Waals surface area contributed by atoms with Crippen LogP contribution < -0.4 is 4.90 Å². The van der Waals surface area contributed by atoms with Crippen LogP contribution >= 0.6 is 0 Å². The van der Waals surface area contributed by atoms with Gasteiger partial charge in [-0.2, -0.15) is 0 Å². The van der Waals surface area contributed by atoms with Crippen LogP contribution in [0.5, 0.6) is 0 Å². The first-order chi connectivity index (χ1) is 34.2. The van der Waals surface area contributed by atoms with Crippen LogP contribution in [0.15, 0.2) is 273 Å². The molecule has 2 aromatic heterocycles. The van der Waals surface area contributed by atoms with Crippen molar-refractivity contribution < 1.29 is 0 Å². The number of hydrogen-bond donors (Lipinski definition) is 0. The Hall–Kier alpha value is -9.05. The van der Waals surface area contributed by atoms with E-state index in [-0.39, 0.29) is 0 Å². The first-order valence-electron chi connectivity index (χ1n) is 23.7. The summed E-state index contributed by atoms with van der Waals surface area (Å²) in [5, 5.41) is 2.43. The molecule has 0 radical (unpaired) electrons. The monoisotopic (exact) mass is 879 g/mol. The summed E-state index contributed by atoms with van der Waals surface area (Å²) in [6.07, 6.45) is 0. The van der Waals surface area contributed by atoms with Crippen LogP contribution in [-0.4, -0.2) is 9.55 Å². The van der Waals surface area contributed by atoms with E-state index in [1.54, 1.807) is 0 Å². The smallest absolute Gasteiger partial charge is 0.138 e. The average Bonchev–Trinajstić information content (AvgIpc) is 3.77. The van der Waals surface area contributed by atoms with Crippen molar-refractivity contribution in [1.29, 1.82) is 0 Å². The van der Waals surface area contributed by atoms with Crippen molar-refractivity contribution in [3.05, 3.63) is 295 Å². The van der Waals surface area contributed by atoms with Crippen LogP contribution in [-0.2, 0) is 5.41 Å². The summed E-state index contributed by atoms with van der Waals surface area (Å²) in [7, 11) is 0. The lowest BCUT2D eigenvalue weighted by molar-refractivity contribution is 0.730. The van der Waals surface area contributed by atoms with E-state index >= 15 is 0 Å². The molecule has 0 fully saturated rings. The maximum Gasteiger partial charge on any atom is 0.138 e. The molecule has 0 bridgehead atoms. The molecule has 324 valence electrons. The number of aromatic nitrogens is 2. The molecule has 0 unspecified atom stereocenters. The zero-order valence-electron chi connectivity index (χ0n) is 37.8. The Balaban J connectivity index is 1.06. The van der Waals surface area contributed by atoms with Gasteiger partial charge < -0.3 is 4.57 Å². The molecule has 3 nitrogen and oxygen atoms in total. The Morgan fingerprint density at radius 2 is 0.826 bits per heavy atom. The molecule has 10 aromatic carbocycles. The minimum atomic E-state index is -0.644. The standard InChI is InChI=1S/C66H45N3/c1-6-21-46(22-7-1)49-27-20-32-55(41-49)68-61-35-18-16-33-56(61)57-42-50(38-40-62(57)68)51-37-39-59-64(44-51)69(65-45-52(47-23-8-2-9-24-47)43-60(67-65)48-25-10-3-11-26-48)63-36-19-17-34-58(63)66(59,53-28-12-4-13-29-53)54-30-14-5-15-31-54/h1-45H. The fourth-order valence-electron chi connectivity index (χ4n) is 11.0. The molecule has 0 amide bonds. The Bertz CT molecular complexity index is 3730. The van der Waals surface area contributed by atoms with Crippen molar-refractivity contribution >= 4 is 39.0 Å². The molecule has 3 heteroatoms. The maximum absolute atomic E-state index is 5.60. The highest BCUT2D eigenvalue weighted by atomic mass is 15.2. The number of fused-ring (bicyclic) bond motifs is 5. The number of rotatable bonds is 8. The van der Waals surface area contributed by atoms with Gasteiger partial charge in [-0.05, 0) is 110 Å². The third-order valence-corrected chi connectivity index (χ3v) is 14.0. The summed E-state index contributed by atoms with van der Waals surface area (Å²) in [6.45, 7) is 0. The zero-order chi connectivity index (χ0) is 45.7. The predicted molar refractivity (Wildman–Crippen MR) is 287 cm³/mol. The van der Waals surface area contributed by atoms with E-state index in [9.17, 15) is 0 Å². The van der Waals surface area contributed by atoms with Crippen molar-refractivity contribution in [2.75, 3.05) is 4.90 Å². The lowest BCUT2D eigenvalue weighted by atomic mass is 9.62. The normalized spacial score (nSPS) is 12.7. The van der Waals surface area contributed by atoms with Gasteiger partial charge >= 0.3 is 0 Å². The minimum absolute atomic E-state index is 0.644. The molecule has 0 aliphatic carbocycles. The Labute approximate surface area is 402 Å². The van der Waals surface area contributed by atoms with Crippen LogP contribution in [0, 0.1) is 0 Å². The molecule has 1 aliphatic heterocycles. The average molecular weight is 880 g/mol. The van der Waals surface area contributed by atoms with Gasteiger partial charge in [0.25, 0.3) is 0 Å². The molecule has 3 heterocycles. The predicted octanol–water partition coefficient (Wildman–Crippen LogP) is 17.0. The summed E-state index contributed by atoms with van der Waals surface area (Å²) >= 11 is 0. The van der Waals surface area contributed by atoms with Gasteiger partial charge in [-0.25, -0.2) is 4.98 Å². The van der Waals surface area contributed by atoms with Crippen molar-refractivity contribution in [3.63, 3.8) is 0 Å². The molecular weight excluding hydrogens is 835 g/mol. The number of para-hydroxylation sites is 2. The molecule has 69 heavy (non-hydrogen) atoms. The number of hydrogen-bond acceptors (Lipinski definition) is 2. The quantitative estimate of drug-likeness (QED) is 0.152. The second-order valence-electron chi connectivity index (χ2n) is 17.9. The lowest BCUT2D eigenvalue weighted by Crippen LogP contribution is -2.38. The first-order valence-corrected chi connectivity index (χ1v) is 23.7. The molecule has 12 aromatic rings. The van der Waals surface area contributed by atoms with E-state index in [1.807, 2.05) is 0 Å². The fourth-order valence-corrected chi connectivity index (χ4v) is 11.0. The topological polar surface area (TPSA) is 21.1 Å². The number of anilines is 3. The molecular formula is C66H45N3. The van der Waals surface area contributed by atoms with Crippen molar-refractivity contribution in [3.8, 4) is 50.3 Å². The van der Waals surface area contributed by atoms with E-state index in [0.717, 1.165) is 56.4 Å². The van der Waals surface area contributed by atoms with Gasteiger partial charge in [-0.15, -0.1) is 0 Å². The van der Waals surface area contributed by atoms with Crippen molar-refractivity contribution in [2.45, 2.75) is 5.41 Å². The van der Waals surface area contributed by atoms with Crippen molar-refractivity contribution in [2.24, 2.45) is 0 Å². The summed E-state index contributed by atoms with van der Waals surface area (Å²) < 4.78 is 2.41. The van der Waals surface area contributed by atoms with Crippen LogP contribution in [0.4, 0.5) is 17.2 Å². The van der Waals surface area contributed by atoms with Gasteiger partial charge in [0.1, 0.15) is 5.82 Å². The van der Waals surface area contributed by atoms with Crippen LogP contribution in [0.1, 0.15) is 22.3 Å². The minimum Gasteiger partial charge on any atom is -0.309 e. The van der Waals surface area contributed by atoms with E-state index in [4.69, 9.17) is 4.98 Å². The SMILES string of the molecule is c1ccc(-c2cccc(-n3c4ccccc4c4cc(-c5ccc6c(c5)N(c5cc(-c7ccccc7)cc(-c7ccccc7)n5)c5ccccc5C6(c5ccccc5)c5ccccc5)ccc43)c2)cc1. The van der Waals surface area contributed by atoms with E-state index in [0.29, 0.717) is 0 Å². The van der Waals surface area contributed by atoms with E-state index < -0.39 is 5.41 Å². The Morgan fingerprint density at radius 3 is 1.54 bits per heavy atom. The number of benzene rings is 10. The van der Waals surface area contributed by atoms with Gasteiger partial charge in [0.2, 0.25) is 0 Å². The molecule has 0 spiro atoms. The summed E-state index contributed by atoms with van der Waals surface area (Å²) in [5.41, 5.74) is 18.7. The summed E-state index contributed by atoms with van der Waals surface area (Å²) in [5.74, 6) is 0.854. The number of nitrogens with zero attached hydrogens (tertiary/aromatic N) is 3. The Morgan fingerprint density at radius 1 is 0.304 bits per heavy atom. The highest BCUT2D eigenvalue weighted by molar-refractivity contribution is 6.10. The molecule has 13 rings (SSSR count). The number of pyridine rings is 1. The second kappa shape index (κ2) is 16.7. The van der Waals surface area contributed by atoms with Gasteiger partial charge in [0.05, 0.1) is 33.5 Å². The van der Waals surface area contributed by atoms with Gasteiger partial charge in [0.15, 0.2) is 0 Å². The molecule has 0 atom stereocenters. The fraction of sp³-hybridized carbons (Fsp3) is 0.0152. The highest BCUT2D eigenvalue weighted by Gasteiger charge is 2.46. The highest BCUT2D eigenvalue weighted by Crippen LogP contribution is 2.58. The largest absolute Gasteiger partial charge is 0.309 e. The van der Waals surface area contributed by atoms with Crippen LogP contribution in [0.3, 0.4) is 0 Å². The maximum atomic E-state index is 5.60. The summed E-state index contributed by atoms with van der Waals surface area (Å²) in [6, 6.07) is 99.2.